The number of thiophene rings is 1. The van der Waals surface area contributed by atoms with Crippen LogP contribution >= 0.6 is 11.3 Å². The lowest BCUT2D eigenvalue weighted by Crippen LogP contribution is -2.44. The van der Waals surface area contributed by atoms with Gasteiger partial charge in [-0.05, 0) is 18.4 Å². The van der Waals surface area contributed by atoms with Crippen molar-refractivity contribution in [3.63, 3.8) is 0 Å². The first-order chi connectivity index (χ1) is 11.1. The third-order valence-corrected chi connectivity index (χ3v) is 5.00. The van der Waals surface area contributed by atoms with Crippen molar-refractivity contribution in [3.05, 3.63) is 34.2 Å². The summed E-state index contributed by atoms with van der Waals surface area (Å²) in [5.74, 6) is 1.21. The van der Waals surface area contributed by atoms with Gasteiger partial charge in [-0.25, -0.2) is 0 Å². The predicted molar refractivity (Wildman–Crippen MR) is 86.4 cm³/mol. The van der Waals surface area contributed by atoms with Crippen LogP contribution in [0, 0.1) is 0 Å². The smallest absolute Gasteiger partial charge is 0.247 e. The summed E-state index contributed by atoms with van der Waals surface area (Å²) in [7, 11) is 0. The molecular weight excluding hydrogens is 314 g/mol. The molecule has 1 fully saturated rings. The van der Waals surface area contributed by atoms with Gasteiger partial charge in [0.25, 0.3) is 0 Å². The molecule has 0 radical (unpaired) electrons. The molecule has 0 N–H and O–H groups in total. The Morgan fingerprint density at radius 2 is 2.22 bits per heavy atom. The van der Waals surface area contributed by atoms with Gasteiger partial charge in [-0.1, -0.05) is 19.9 Å². The van der Waals surface area contributed by atoms with E-state index in [9.17, 15) is 4.79 Å². The Hall–Kier alpha value is -1.73. The molecule has 3 heterocycles. The van der Waals surface area contributed by atoms with E-state index in [4.69, 9.17) is 9.15 Å². The second-order valence-corrected chi connectivity index (χ2v) is 6.99. The van der Waals surface area contributed by atoms with Crippen molar-refractivity contribution >= 4 is 17.2 Å². The quantitative estimate of drug-likeness (QED) is 0.859. The Morgan fingerprint density at radius 1 is 1.39 bits per heavy atom. The molecule has 0 spiro atoms. The highest BCUT2D eigenvalue weighted by molar-refractivity contribution is 7.10. The molecule has 7 heteroatoms. The van der Waals surface area contributed by atoms with E-state index in [1.807, 2.05) is 43.2 Å². The van der Waals surface area contributed by atoms with Crippen molar-refractivity contribution in [1.29, 1.82) is 0 Å². The zero-order valence-corrected chi connectivity index (χ0v) is 14.4. The standard InChI is InChI=1S/C16H21N3O3S/c1-10(2)14-17-18-15(22-14)12-9-19(6-7-21-12)16(20)11(3)13-5-4-8-23-13/h4-5,8,10-12H,6-7,9H2,1-3H3/t11-,12+/m0/s1. The minimum atomic E-state index is -0.344. The molecule has 124 valence electrons. The van der Waals surface area contributed by atoms with E-state index < -0.39 is 0 Å². The van der Waals surface area contributed by atoms with Gasteiger partial charge in [0.15, 0.2) is 6.10 Å². The third kappa shape index (κ3) is 3.45. The first-order valence-electron chi connectivity index (χ1n) is 7.83. The maximum absolute atomic E-state index is 12.7. The summed E-state index contributed by atoms with van der Waals surface area (Å²) in [5, 5.41) is 10.1. The number of hydrogen-bond donors (Lipinski definition) is 0. The lowest BCUT2D eigenvalue weighted by Gasteiger charge is -2.32. The average Bonchev–Trinajstić information content (AvgIpc) is 3.25. The molecule has 0 bridgehead atoms. The Bertz CT molecular complexity index is 653. The summed E-state index contributed by atoms with van der Waals surface area (Å²) >= 11 is 1.61. The van der Waals surface area contributed by atoms with E-state index in [1.165, 1.54) is 0 Å². The van der Waals surface area contributed by atoms with E-state index in [0.29, 0.717) is 31.5 Å². The summed E-state index contributed by atoms with van der Waals surface area (Å²) in [4.78, 5) is 15.6. The molecule has 6 nitrogen and oxygen atoms in total. The number of nitrogens with zero attached hydrogens (tertiary/aromatic N) is 3. The fourth-order valence-electron chi connectivity index (χ4n) is 2.54. The molecule has 0 aromatic carbocycles. The maximum atomic E-state index is 12.7. The Labute approximate surface area is 139 Å². The van der Waals surface area contributed by atoms with Crippen molar-refractivity contribution in [1.82, 2.24) is 15.1 Å². The molecule has 2 aromatic heterocycles. The zero-order valence-electron chi connectivity index (χ0n) is 13.6. The lowest BCUT2D eigenvalue weighted by molar-refractivity contribution is -0.141. The summed E-state index contributed by atoms with van der Waals surface area (Å²) in [6.07, 6.45) is -0.344. The van der Waals surface area contributed by atoms with Crippen LogP contribution in [0.3, 0.4) is 0 Å². The van der Waals surface area contributed by atoms with Crippen LogP contribution in [0.25, 0.3) is 0 Å². The minimum Gasteiger partial charge on any atom is -0.422 e. The molecule has 1 amide bonds. The molecule has 2 atom stereocenters. The molecule has 0 unspecified atom stereocenters. The van der Waals surface area contributed by atoms with Gasteiger partial charge in [0.2, 0.25) is 17.7 Å². The van der Waals surface area contributed by atoms with E-state index in [-0.39, 0.29) is 23.8 Å². The maximum Gasteiger partial charge on any atom is 0.247 e. The van der Waals surface area contributed by atoms with Gasteiger partial charge in [-0.2, -0.15) is 0 Å². The Balaban J connectivity index is 1.69. The van der Waals surface area contributed by atoms with Gasteiger partial charge in [0.05, 0.1) is 19.1 Å². The van der Waals surface area contributed by atoms with Crippen LogP contribution in [0.5, 0.6) is 0 Å². The highest BCUT2D eigenvalue weighted by Crippen LogP contribution is 2.27. The van der Waals surface area contributed by atoms with Crippen molar-refractivity contribution in [2.75, 3.05) is 19.7 Å². The second-order valence-electron chi connectivity index (χ2n) is 6.01. The van der Waals surface area contributed by atoms with Gasteiger partial charge in [0, 0.05) is 17.3 Å². The second kappa shape index (κ2) is 6.80. The molecule has 1 aliphatic rings. The number of ether oxygens (including phenoxy) is 1. The van der Waals surface area contributed by atoms with Crippen LogP contribution in [-0.2, 0) is 9.53 Å². The minimum absolute atomic E-state index is 0.115. The van der Waals surface area contributed by atoms with Crippen molar-refractivity contribution in [2.24, 2.45) is 0 Å². The summed E-state index contributed by atoms with van der Waals surface area (Å²) in [6, 6.07) is 3.97. The molecular formula is C16H21N3O3S. The summed E-state index contributed by atoms with van der Waals surface area (Å²) < 4.78 is 11.4. The largest absolute Gasteiger partial charge is 0.422 e. The molecule has 1 aliphatic heterocycles. The number of rotatable bonds is 4. The zero-order chi connectivity index (χ0) is 16.4. The SMILES string of the molecule is CC(C)c1nnc([C@H]2CN(C(=O)[C@@H](C)c3cccs3)CCO2)o1. The van der Waals surface area contributed by atoms with Gasteiger partial charge >= 0.3 is 0 Å². The van der Waals surface area contributed by atoms with Crippen LogP contribution in [0.4, 0.5) is 0 Å². The average molecular weight is 335 g/mol. The lowest BCUT2D eigenvalue weighted by atomic mass is 10.1. The normalized spacial score (nSPS) is 20.0. The topological polar surface area (TPSA) is 68.5 Å². The summed E-state index contributed by atoms with van der Waals surface area (Å²) in [5.41, 5.74) is 0. The fourth-order valence-corrected chi connectivity index (χ4v) is 3.32. The number of hydrogen-bond acceptors (Lipinski definition) is 6. The monoisotopic (exact) mass is 335 g/mol. The van der Waals surface area contributed by atoms with Crippen LogP contribution < -0.4 is 0 Å². The van der Waals surface area contributed by atoms with E-state index in [2.05, 4.69) is 10.2 Å². The van der Waals surface area contributed by atoms with E-state index >= 15 is 0 Å². The van der Waals surface area contributed by atoms with Gasteiger partial charge < -0.3 is 14.1 Å². The molecule has 2 aromatic rings. The number of carbonyl (C=O) groups excluding carboxylic acids is 1. The highest BCUT2D eigenvalue weighted by Gasteiger charge is 2.32. The van der Waals surface area contributed by atoms with Gasteiger partial charge in [0.1, 0.15) is 0 Å². The van der Waals surface area contributed by atoms with Crippen LogP contribution in [0.15, 0.2) is 21.9 Å². The van der Waals surface area contributed by atoms with E-state index in [1.54, 1.807) is 11.3 Å². The number of morpholine rings is 1. The highest BCUT2D eigenvalue weighted by atomic mass is 32.1. The number of carbonyl (C=O) groups is 1. The van der Waals surface area contributed by atoms with Crippen LogP contribution in [-0.4, -0.2) is 40.7 Å². The van der Waals surface area contributed by atoms with Crippen LogP contribution in [0.2, 0.25) is 0 Å². The van der Waals surface area contributed by atoms with E-state index in [0.717, 1.165) is 4.88 Å². The summed E-state index contributed by atoms with van der Waals surface area (Å²) in [6.45, 7) is 7.47. The first-order valence-corrected chi connectivity index (χ1v) is 8.71. The molecule has 0 saturated carbocycles. The fraction of sp³-hybridized carbons (Fsp3) is 0.562. The third-order valence-electron chi connectivity index (χ3n) is 3.94. The van der Waals surface area contributed by atoms with Crippen molar-refractivity contribution in [2.45, 2.75) is 38.7 Å². The van der Waals surface area contributed by atoms with Crippen molar-refractivity contribution in [3.8, 4) is 0 Å². The molecule has 3 rings (SSSR count). The molecule has 0 aliphatic carbocycles. The van der Waals surface area contributed by atoms with Crippen LogP contribution in [0.1, 0.15) is 55.4 Å². The Morgan fingerprint density at radius 3 is 2.87 bits per heavy atom. The number of aromatic nitrogens is 2. The van der Waals surface area contributed by atoms with Crippen molar-refractivity contribution < 1.29 is 13.9 Å². The predicted octanol–water partition coefficient (Wildman–Crippen LogP) is 2.96. The van der Waals surface area contributed by atoms with Gasteiger partial charge in [-0.3, -0.25) is 4.79 Å². The number of amides is 1. The molecule has 1 saturated heterocycles. The first kappa shape index (κ1) is 16.1. The van der Waals surface area contributed by atoms with Gasteiger partial charge in [-0.15, -0.1) is 21.5 Å². The Kier molecular flexibility index (Phi) is 4.77. The molecule has 23 heavy (non-hydrogen) atoms.